The van der Waals surface area contributed by atoms with Gasteiger partial charge in [-0.25, -0.2) is 0 Å². The van der Waals surface area contributed by atoms with Crippen molar-refractivity contribution >= 4 is 5.91 Å². The first-order valence-electron chi connectivity index (χ1n) is 5.87. The molecule has 0 aromatic heterocycles. The van der Waals surface area contributed by atoms with Crippen LogP contribution in [0.5, 0.6) is 0 Å². The van der Waals surface area contributed by atoms with Crippen molar-refractivity contribution in [3.63, 3.8) is 0 Å². The van der Waals surface area contributed by atoms with Crippen molar-refractivity contribution in [3.05, 3.63) is 0 Å². The second-order valence-corrected chi connectivity index (χ2v) is 5.14. The fourth-order valence-corrected chi connectivity index (χ4v) is 3.34. The van der Waals surface area contributed by atoms with Gasteiger partial charge in [0.25, 0.3) is 0 Å². The molecule has 2 fully saturated rings. The average molecular weight is 205 g/mol. The van der Waals surface area contributed by atoms with Crippen LogP contribution < -0.4 is 0 Å². The summed E-state index contributed by atoms with van der Waals surface area (Å²) in [6.45, 7) is 5.80. The number of amides is 1. The summed E-state index contributed by atoms with van der Waals surface area (Å²) in [5, 5.41) is 0. The zero-order chi connectivity index (χ0) is 11.0. The third kappa shape index (κ3) is 1.65. The van der Waals surface area contributed by atoms with Gasteiger partial charge in [-0.05, 0) is 30.6 Å². The highest BCUT2D eigenvalue weighted by Gasteiger charge is 2.46. The summed E-state index contributed by atoms with van der Waals surface area (Å²) in [5.74, 6) is 4.92. The molecule has 0 unspecified atom stereocenters. The Labute approximate surface area is 92.0 Å². The number of hydrogen-bond acceptors (Lipinski definition) is 1. The minimum atomic E-state index is 0.252. The van der Waals surface area contributed by atoms with E-state index in [0.29, 0.717) is 30.2 Å². The van der Waals surface area contributed by atoms with Crippen molar-refractivity contribution in [1.29, 1.82) is 0 Å². The molecule has 1 aliphatic heterocycles. The fourth-order valence-electron chi connectivity index (χ4n) is 3.34. The summed E-state index contributed by atoms with van der Waals surface area (Å²) >= 11 is 0. The minimum absolute atomic E-state index is 0.252. The molecule has 0 spiro atoms. The summed E-state index contributed by atoms with van der Waals surface area (Å²) in [5.41, 5.74) is 0. The first-order chi connectivity index (χ1) is 7.15. The Kier molecular flexibility index (Phi) is 2.73. The van der Waals surface area contributed by atoms with Gasteiger partial charge in [-0.3, -0.25) is 4.79 Å². The van der Waals surface area contributed by atoms with E-state index < -0.39 is 0 Å². The molecule has 0 N–H and O–H groups in total. The highest BCUT2D eigenvalue weighted by molar-refractivity contribution is 5.81. The van der Waals surface area contributed by atoms with Gasteiger partial charge in [-0.2, -0.15) is 0 Å². The van der Waals surface area contributed by atoms with Crippen LogP contribution in [0.1, 0.15) is 26.7 Å². The van der Waals surface area contributed by atoms with Crippen LogP contribution in [0.25, 0.3) is 0 Å². The third-order valence-corrected chi connectivity index (χ3v) is 4.15. The van der Waals surface area contributed by atoms with Crippen LogP contribution in [0.4, 0.5) is 0 Å². The van der Waals surface area contributed by atoms with Crippen molar-refractivity contribution < 1.29 is 4.79 Å². The van der Waals surface area contributed by atoms with E-state index in [0.717, 1.165) is 6.54 Å². The zero-order valence-electron chi connectivity index (χ0n) is 9.57. The van der Waals surface area contributed by atoms with E-state index in [-0.39, 0.29) is 5.92 Å². The van der Waals surface area contributed by atoms with Gasteiger partial charge in [-0.1, -0.05) is 19.8 Å². The van der Waals surface area contributed by atoms with E-state index in [2.05, 4.69) is 19.8 Å². The number of piperidine rings is 1. The molecule has 2 nitrogen and oxygen atoms in total. The van der Waals surface area contributed by atoms with E-state index in [1.165, 1.54) is 12.8 Å². The molecule has 1 aliphatic carbocycles. The first-order valence-corrected chi connectivity index (χ1v) is 5.87. The highest BCUT2D eigenvalue weighted by atomic mass is 16.2. The van der Waals surface area contributed by atoms with Crippen LogP contribution in [-0.2, 0) is 4.79 Å². The standard InChI is InChI=1S/C13H19NO/c1-4-7-14-8-10(3)11-6-5-9(2)12(11)13(14)15/h1,9-12H,5-8H2,2-3H3/t9-,10+,11+,12+/m0/s1. The Bertz CT molecular complexity index is 304. The summed E-state index contributed by atoms with van der Waals surface area (Å²) in [6.07, 6.45) is 7.72. The van der Waals surface area contributed by atoms with E-state index in [1.54, 1.807) is 0 Å². The Morgan fingerprint density at radius 3 is 2.80 bits per heavy atom. The summed E-state index contributed by atoms with van der Waals surface area (Å²) in [4.78, 5) is 14.1. The SMILES string of the molecule is C#CCN1C[C@@H](C)[C@H]2CC[C@H](C)[C@H]2C1=O. The van der Waals surface area contributed by atoms with Gasteiger partial charge >= 0.3 is 0 Å². The molecule has 1 saturated heterocycles. The zero-order valence-corrected chi connectivity index (χ0v) is 9.57. The normalized spacial score (nSPS) is 40.1. The van der Waals surface area contributed by atoms with Gasteiger partial charge < -0.3 is 4.90 Å². The number of nitrogens with zero attached hydrogens (tertiary/aromatic N) is 1. The number of likely N-dealkylation sites (tertiary alicyclic amines) is 1. The maximum atomic E-state index is 12.2. The minimum Gasteiger partial charge on any atom is -0.331 e. The molecule has 2 heteroatoms. The Balaban J connectivity index is 2.18. The lowest BCUT2D eigenvalue weighted by molar-refractivity contribution is -0.143. The second kappa shape index (κ2) is 3.89. The predicted octanol–water partition coefficient (Wildman–Crippen LogP) is 1.76. The van der Waals surface area contributed by atoms with Crippen LogP contribution >= 0.6 is 0 Å². The Morgan fingerprint density at radius 1 is 1.40 bits per heavy atom. The van der Waals surface area contributed by atoms with Gasteiger partial charge in [0.1, 0.15) is 0 Å². The van der Waals surface area contributed by atoms with Crippen molar-refractivity contribution in [2.24, 2.45) is 23.7 Å². The monoisotopic (exact) mass is 205 g/mol. The largest absolute Gasteiger partial charge is 0.331 e. The molecular formula is C13H19NO. The predicted molar refractivity (Wildman–Crippen MR) is 60.0 cm³/mol. The summed E-state index contributed by atoms with van der Waals surface area (Å²) < 4.78 is 0. The van der Waals surface area contributed by atoms with Crippen molar-refractivity contribution in [1.82, 2.24) is 4.90 Å². The molecule has 4 atom stereocenters. The molecule has 1 saturated carbocycles. The third-order valence-electron chi connectivity index (χ3n) is 4.15. The lowest BCUT2D eigenvalue weighted by Gasteiger charge is -2.39. The molecule has 1 amide bonds. The maximum absolute atomic E-state index is 12.2. The molecule has 0 radical (unpaired) electrons. The number of fused-ring (bicyclic) bond motifs is 1. The Hall–Kier alpha value is -0.970. The lowest BCUT2D eigenvalue weighted by atomic mass is 9.78. The number of hydrogen-bond donors (Lipinski definition) is 0. The summed E-state index contributed by atoms with van der Waals surface area (Å²) in [6, 6.07) is 0. The van der Waals surface area contributed by atoms with Crippen LogP contribution in [0.15, 0.2) is 0 Å². The molecule has 0 aromatic carbocycles. The molecule has 0 bridgehead atoms. The number of terminal acetylenes is 1. The fraction of sp³-hybridized carbons (Fsp3) is 0.769. The molecule has 15 heavy (non-hydrogen) atoms. The quantitative estimate of drug-likeness (QED) is 0.597. The van der Waals surface area contributed by atoms with E-state index in [4.69, 9.17) is 6.42 Å². The van der Waals surface area contributed by atoms with Crippen molar-refractivity contribution in [3.8, 4) is 12.3 Å². The van der Waals surface area contributed by atoms with Gasteiger partial charge in [-0.15, -0.1) is 6.42 Å². The average Bonchev–Trinajstić information content (AvgIpc) is 2.57. The van der Waals surface area contributed by atoms with Crippen LogP contribution in [0.3, 0.4) is 0 Å². The molecule has 1 heterocycles. The summed E-state index contributed by atoms with van der Waals surface area (Å²) in [7, 11) is 0. The van der Waals surface area contributed by atoms with E-state index in [9.17, 15) is 4.79 Å². The molecule has 2 rings (SSSR count). The van der Waals surface area contributed by atoms with E-state index in [1.807, 2.05) is 4.90 Å². The lowest BCUT2D eigenvalue weighted by Crippen LogP contribution is -2.49. The van der Waals surface area contributed by atoms with Crippen LogP contribution in [0, 0.1) is 36.0 Å². The van der Waals surface area contributed by atoms with Gasteiger partial charge in [0.05, 0.1) is 6.54 Å². The maximum Gasteiger partial charge on any atom is 0.227 e. The van der Waals surface area contributed by atoms with Gasteiger partial charge in [0, 0.05) is 12.5 Å². The first kappa shape index (κ1) is 10.5. The number of rotatable bonds is 1. The molecular weight excluding hydrogens is 186 g/mol. The number of carbonyl (C=O) groups excluding carboxylic acids is 1. The topological polar surface area (TPSA) is 20.3 Å². The van der Waals surface area contributed by atoms with Crippen molar-refractivity contribution in [2.75, 3.05) is 13.1 Å². The number of carbonyl (C=O) groups is 1. The van der Waals surface area contributed by atoms with Crippen LogP contribution in [-0.4, -0.2) is 23.9 Å². The van der Waals surface area contributed by atoms with Crippen LogP contribution in [0.2, 0.25) is 0 Å². The second-order valence-electron chi connectivity index (χ2n) is 5.14. The smallest absolute Gasteiger partial charge is 0.227 e. The molecule has 2 aliphatic rings. The van der Waals surface area contributed by atoms with Gasteiger partial charge in [0.15, 0.2) is 0 Å². The van der Waals surface area contributed by atoms with Crippen molar-refractivity contribution in [2.45, 2.75) is 26.7 Å². The molecule has 0 aromatic rings. The highest BCUT2D eigenvalue weighted by Crippen LogP contribution is 2.44. The van der Waals surface area contributed by atoms with Gasteiger partial charge in [0.2, 0.25) is 5.91 Å². The van der Waals surface area contributed by atoms with E-state index >= 15 is 0 Å². The Morgan fingerprint density at radius 2 is 2.13 bits per heavy atom. The molecule has 82 valence electrons.